The molecule has 0 aliphatic heterocycles. The Bertz CT molecular complexity index is 1700. The van der Waals surface area contributed by atoms with Gasteiger partial charge in [0, 0.05) is 10.7 Å². The fourth-order valence-electron chi connectivity index (χ4n) is 3.89. The van der Waals surface area contributed by atoms with Crippen LogP contribution >= 0.6 is 11.6 Å². The summed E-state index contributed by atoms with van der Waals surface area (Å²) in [5, 5.41) is 7.02. The zero-order chi connectivity index (χ0) is 30.8. The summed E-state index contributed by atoms with van der Waals surface area (Å²) in [6.45, 7) is 1.01. The third-order valence-electron chi connectivity index (χ3n) is 6.08. The number of hydrogen-bond acceptors (Lipinski definition) is 7. The Morgan fingerprint density at radius 1 is 0.907 bits per heavy atom. The molecule has 43 heavy (non-hydrogen) atoms. The van der Waals surface area contributed by atoms with Crippen LogP contribution in [0.4, 0.5) is 11.4 Å². The molecule has 2 N–H and O–H groups in total. The van der Waals surface area contributed by atoms with Crippen molar-refractivity contribution < 1.29 is 27.5 Å². The van der Waals surface area contributed by atoms with E-state index >= 15 is 0 Å². The number of anilines is 2. The summed E-state index contributed by atoms with van der Waals surface area (Å²) in [5.41, 5.74) is 4.53. The molecule has 0 saturated carbocycles. The summed E-state index contributed by atoms with van der Waals surface area (Å²) in [7, 11) is -2.52. The fourth-order valence-corrected chi connectivity index (χ4v) is 5.55. The molecule has 0 fully saturated rings. The molecule has 4 aromatic carbocycles. The van der Waals surface area contributed by atoms with Crippen molar-refractivity contribution in [3.05, 3.63) is 113 Å². The van der Waals surface area contributed by atoms with Crippen molar-refractivity contribution in [1.29, 1.82) is 0 Å². The number of sulfonamides is 1. The van der Waals surface area contributed by atoms with E-state index in [1.165, 1.54) is 24.4 Å². The van der Waals surface area contributed by atoms with Crippen LogP contribution in [0.1, 0.15) is 11.1 Å². The van der Waals surface area contributed by atoms with E-state index < -0.39 is 22.5 Å². The Morgan fingerprint density at radius 3 is 2.26 bits per heavy atom. The number of carbonyl (C=O) groups is 2. The lowest BCUT2D eigenvalue weighted by Crippen LogP contribution is -2.40. The van der Waals surface area contributed by atoms with Gasteiger partial charge in [0.2, 0.25) is 0 Å². The standard InChI is InChI=1S/C31H29ClN4O6S/c1-22-8-11-24(32)18-29(22)36(43(39,40)28-6-4-3-5-7-28)20-30(37)35-33-19-23-9-14-27(15-10-23)42-21-31(38)34-25-12-16-26(41-2)17-13-25/h3-19H,20-21H2,1-2H3,(H,34,38)(H,35,37)/b33-19-. The Balaban J connectivity index is 1.35. The molecule has 2 amide bonds. The fraction of sp³-hybridized carbons (Fsp3) is 0.129. The zero-order valence-electron chi connectivity index (χ0n) is 23.4. The number of nitrogens with zero attached hydrogens (tertiary/aromatic N) is 2. The molecular formula is C31H29ClN4O6S. The normalized spacial score (nSPS) is 11.1. The molecule has 0 aromatic heterocycles. The van der Waals surface area contributed by atoms with E-state index in [2.05, 4.69) is 15.8 Å². The Labute approximate surface area is 254 Å². The van der Waals surface area contributed by atoms with Crippen molar-refractivity contribution in [2.24, 2.45) is 5.10 Å². The molecule has 10 nitrogen and oxygen atoms in total. The number of hydrogen-bond donors (Lipinski definition) is 2. The highest BCUT2D eigenvalue weighted by Gasteiger charge is 2.28. The summed E-state index contributed by atoms with van der Waals surface area (Å²) in [4.78, 5) is 25.0. The number of halogens is 1. The first-order valence-corrected chi connectivity index (χ1v) is 14.8. The van der Waals surface area contributed by atoms with E-state index in [-0.39, 0.29) is 23.1 Å². The molecule has 0 heterocycles. The molecule has 222 valence electrons. The minimum atomic E-state index is -4.09. The van der Waals surface area contributed by atoms with Gasteiger partial charge < -0.3 is 14.8 Å². The van der Waals surface area contributed by atoms with Crippen LogP contribution in [0.2, 0.25) is 5.02 Å². The first kappa shape index (κ1) is 31.1. The predicted molar refractivity (Wildman–Crippen MR) is 166 cm³/mol. The number of nitrogens with one attached hydrogen (secondary N) is 2. The number of amides is 2. The highest BCUT2D eigenvalue weighted by atomic mass is 35.5. The van der Waals surface area contributed by atoms with Gasteiger partial charge in [-0.2, -0.15) is 5.10 Å². The lowest BCUT2D eigenvalue weighted by atomic mass is 10.2. The number of ether oxygens (including phenoxy) is 2. The minimum absolute atomic E-state index is 0.0335. The van der Waals surface area contributed by atoms with Gasteiger partial charge in [0.15, 0.2) is 6.61 Å². The molecule has 0 unspecified atom stereocenters. The van der Waals surface area contributed by atoms with Gasteiger partial charge in [0.1, 0.15) is 18.0 Å². The van der Waals surface area contributed by atoms with Gasteiger partial charge in [0.25, 0.3) is 21.8 Å². The van der Waals surface area contributed by atoms with Crippen LogP contribution < -0.4 is 24.5 Å². The van der Waals surface area contributed by atoms with Crippen LogP contribution in [0.15, 0.2) is 107 Å². The van der Waals surface area contributed by atoms with Crippen LogP contribution in [0, 0.1) is 6.92 Å². The summed E-state index contributed by atoms with van der Waals surface area (Å²) < 4.78 is 38.6. The molecule has 0 saturated heterocycles. The predicted octanol–water partition coefficient (Wildman–Crippen LogP) is 5.02. The first-order valence-electron chi connectivity index (χ1n) is 13.0. The Hall–Kier alpha value is -4.87. The molecule has 0 atom stereocenters. The average Bonchev–Trinajstić information content (AvgIpc) is 3.01. The number of aryl methyl sites for hydroxylation is 1. The number of rotatable bonds is 12. The number of methoxy groups -OCH3 is 1. The highest BCUT2D eigenvalue weighted by molar-refractivity contribution is 7.92. The molecule has 12 heteroatoms. The maximum Gasteiger partial charge on any atom is 0.264 e. The Morgan fingerprint density at radius 2 is 1.58 bits per heavy atom. The highest BCUT2D eigenvalue weighted by Crippen LogP contribution is 2.29. The van der Waals surface area contributed by atoms with Gasteiger partial charge in [0.05, 0.1) is 23.9 Å². The SMILES string of the molecule is COc1ccc(NC(=O)COc2ccc(/C=N\NC(=O)CN(c3cc(Cl)ccc3C)S(=O)(=O)c3ccccc3)cc2)cc1. The largest absolute Gasteiger partial charge is 0.497 e. The molecule has 0 radical (unpaired) electrons. The molecule has 0 aliphatic carbocycles. The van der Waals surface area contributed by atoms with Crippen molar-refractivity contribution in [3.63, 3.8) is 0 Å². The average molecular weight is 621 g/mol. The van der Waals surface area contributed by atoms with Crippen LogP contribution in [0.3, 0.4) is 0 Å². The number of benzene rings is 4. The van der Waals surface area contributed by atoms with Gasteiger partial charge in [-0.3, -0.25) is 13.9 Å². The van der Waals surface area contributed by atoms with E-state index in [0.29, 0.717) is 33.3 Å². The van der Waals surface area contributed by atoms with E-state index in [1.54, 1.807) is 92.9 Å². The van der Waals surface area contributed by atoms with Gasteiger partial charge in [-0.25, -0.2) is 13.8 Å². The number of hydrazone groups is 1. The second-order valence-corrected chi connectivity index (χ2v) is 11.5. The lowest BCUT2D eigenvalue weighted by molar-refractivity contribution is -0.119. The van der Waals surface area contributed by atoms with Gasteiger partial charge >= 0.3 is 0 Å². The summed E-state index contributed by atoms with van der Waals surface area (Å²) in [6.07, 6.45) is 1.40. The minimum Gasteiger partial charge on any atom is -0.497 e. The molecule has 0 aliphatic rings. The molecule has 4 rings (SSSR count). The maximum atomic E-state index is 13.5. The summed E-state index contributed by atoms with van der Waals surface area (Å²) >= 11 is 6.16. The van der Waals surface area contributed by atoms with E-state index in [9.17, 15) is 18.0 Å². The quantitative estimate of drug-likeness (QED) is 0.169. The molecular weight excluding hydrogens is 592 g/mol. The number of carbonyl (C=O) groups excluding carboxylic acids is 2. The summed E-state index contributed by atoms with van der Waals surface area (Å²) in [6, 6.07) is 26.3. The van der Waals surface area contributed by atoms with Crippen molar-refractivity contribution in [2.75, 3.05) is 29.9 Å². The lowest BCUT2D eigenvalue weighted by Gasteiger charge is -2.25. The van der Waals surface area contributed by atoms with Gasteiger partial charge in [-0.05, 0) is 90.8 Å². The van der Waals surface area contributed by atoms with Gasteiger partial charge in [-0.1, -0.05) is 35.9 Å². The van der Waals surface area contributed by atoms with Crippen LogP contribution in [0.5, 0.6) is 11.5 Å². The van der Waals surface area contributed by atoms with Crippen LogP contribution in [-0.4, -0.2) is 46.7 Å². The van der Waals surface area contributed by atoms with Gasteiger partial charge in [-0.15, -0.1) is 0 Å². The third kappa shape index (κ3) is 8.57. The molecule has 0 bridgehead atoms. The van der Waals surface area contributed by atoms with E-state index in [0.717, 1.165) is 4.31 Å². The van der Waals surface area contributed by atoms with Crippen LogP contribution in [0.25, 0.3) is 0 Å². The first-order chi connectivity index (χ1) is 20.7. The van der Waals surface area contributed by atoms with E-state index in [4.69, 9.17) is 21.1 Å². The summed E-state index contributed by atoms with van der Waals surface area (Å²) in [5.74, 6) is 0.167. The van der Waals surface area contributed by atoms with E-state index in [1.807, 2.05) is 0 Å². The van der Waals surface area contributed by atoms with Crippen LogP contribution in [-0.2, 0) is 19.6 Å². The maximum absolute atomic E-state index is 13.5. The second kappa shape index (κ2) is 14.3. The smallest absolute Gasteiger partial charge is 0.264 e. The van der Waals surface area contributed by atoms with Crippen molar-refractivity contribution in [3.8, 4) is 11.5 Å². The third-order valence-corrected chi connectivity index (χ3v) is 8.09. The van der Waals surface area contributed by atoms with Crippen molar-refractivity contribution in [1.82, 2.24) is 5.43 Å². The zero-order valence-corrected chi connectivity index (χ0v) is 24.9. The molecule has 4 aromatic rings. The molecule has 0 spiro atoms. The van der Waals surface area contributed by atoms with Crippen molar-refractivity contribution in [2.45, 2.75) is 11.8 Å². The monoisotopic (exact) mass is 620 g/mol. The topological polar surface area (TPSA) is 126 Å². The second-order valence-electron chi connectivity index (χ2n) is 9.18. The Kier molecular flexibility index (Phi) is 10.4. The van der Waals surface area contributed by atoms with Crippen molar-refractivity contribution >= 4 is 51.0 Å².